The van der Waals surface area contributed by atoms with Crippen LogP contribution in [0.15, 0.2) is 23.3 Å². The molecule has 124 valence electrons. The van der Waals surface area contributed by atoms with Crippen LogP contribution >= 0.6 is 0 Å². The standard InChI is InChI=1S/C19H24O4/c1-14-7-6-12-19(17(20)22-2,18(21)23-3)13-16-9-5-4-8-15(16)11-10-14/h1,4-9,12-13H2,2-3H3. The average molecular weight is 316 g/mol. The van der Waals surface area contributed by atoms with E-state index in [9.17, 15) is 9.59 Å². The molecule has 0 spiro atoms. The number of methoxy groups -OCH3 is 2. The Labute approximate surface area is 137 Å². The van der Waals surface area contributed by atoms with Crippen molar-refractivity contribution >= 4 is 11.9 Å². The van der Waals surface area contributed by atoms with Gasteiger partial charge in [-0.25, -0.2) is 0 Å². The molecule has 2 rings (SSSR count). The molecule has 0 radical (unpaired) electrons. The van der Waals surface area contributed by atoms with Gasteiger partial charge in [-0.15, -0.1) is 0 Å². The first kappa shape index (κ1) is 17.3. The number of ether oxygens (including phenoxy) is 2. The summed E-state index contributed by atoms with van der Waals surface area (Å²) in [5.41, 5.74) is 1.72. The summed E-state index contributed by atoms with van der Waals surface area (Å²) in [6, 6.07) is 0. The smallest absolute Gasteiger partial charge is 0.323 e. The number of hydrogen-bond acceptors (Lipinski definition) is 4. The van der Waals surface area contributed by atoms with Crippen LogP contribution in [-0.4, -0.2) is 26.2 Å². The van der Waals surface area contributed by atoms with Gasteiger partial charge < -0.3 is 9.47 Å². The number of carbonyl (C=O) groups is 2. The first-order chi connectivity index (χ1) is 11.0. The van der Waals surface area contributed by atoms with Gasteiger partial charge in [0.1, 0.15) is 0 Å². The number of carbonyl (C=O) groups excluding carboxylic acids is 2. The van der Waals surface area contributed by atoms with Gasteiger partial charge in [-0.05, 0) is 56.9 Å². The zero-order valence-corrected chi connectivity index (χ0v) is 14.0. The average Bonchev–Trinajstić information content (AvgIpc) is 2.58. The van der Waals surface area contributed by atoms with Crippen molar-refractivity contribution in [1.29, 1.82) is 0 Å². The zero-order valence-electron chi connectivity index (χ0n) is 14.0. The molecule has 0 atom stereocenters. The second-order valence-corrected chi connectivity index (χ2v) is 6.24. The van der Waals surface area contributed by atoms with E-state index in [1.54, 1.807) is 0 Å². The van der Waals surface area contributed by atoms with Crippen molar-refractivity contribution in [2.24, 2.45) is 5.41 Å². The molecule has 4 heteroatoms. The molecule has 2 aliphatic rings. The van der Waals surface area contributed by atoms with Crippen LogP contribution in [0.5, 0.6) is 0 Å². The molecule has 0 saturated carbocycles. The third-order valence-electron chi connectivity index (χ3n) is 4.72. The van der Waals surface area contributed by atoms with Crippen LogP contribution in [0.4, 0.5) is 0 Å². The lowest BCUT2D eigenvalue weighted by molar-refractivity contribution is -0.169. The Balaban J connectivity index is 2.52. The SMILES string of the molecule is C=C1C#CC2=C(CCCC2)CC(C(=O)OC)(C(=O)OC)CCC1. The van der Waals surface area contributed by atoms with Crippen LogP contribution in [0, 0.1) is 17.3 Å². The van der Waals surface area contributed by atoms with E-state index in [0.29, 0.717) is 25.7 Å². The van der Waals surface area contributed by atoms with Crippen LogP contribution in [0.2, 0.25) is 0 Å². The Morgan fingerprint density at radius 2 is 1.65 bits per heavy atom. The summed E-state index contributed by atoms with van der Waals surface area (Å²) in [5, 5.41) is 0. The maximum atomic E-state index is 12.5. The molecule has 0 fully saturated rings. The minimum atomic E-state index is -1.26. The lowest BCUT2D eigenvalue weighted by Crippen LogP contribution is -2.42. The molecule has 0 unspecified atom stereocenters. The summed E-state index contributed by atoms with van der Waals surface area (Å²) >= 11 is 0. The van der Waals surface area contributed by atoms with Crippen molar-refractivity contribution in [2.75, 3.05) is 14.2 Å². The lowest BCUT2D eigenvalue weighted by Gasteiger charge is -2.31. The fourth-order valence-electron chi connectivity index (χ4n) is 3.42. The molecular weight excluding hydrogens is 292 g/mol. The number of rotatable bonds is 2. The fraction of sp³-hybridized carbons (Fsp3) is 0.579. The Hall–Kier alpha value is -2.02. The van der Waals surface area contributed by atoms with Gasteiger partial charge in [-0.3, -0.25) is 9.59 Å². The van der Waals surface area contributed by atoms with E-state index < -0.39 is 17.4 Å². The Morgan fingerprint density at radius 1 is 1.00 bits per heavy atom. The first-order valence-corrected chi connectivity index (χ1v) is 8.11. The maximum absolute atomic E-state index is 12.5. The highest BCUT2D eigenvalue weighted by atomic mass is 16.5. The molecule has 0 saturated heterocycles. The van der Waals surface area contributed by atoms with E-state index in [2.05, 4.69) is 18.4 Å². The number of esters is 2. The third-order valence-corrected chi connectivity index (χ3v) is 4.72. The van der Waals surface area contributed by atoms with Crippen LogP contribution in [0.3, 0.4) is 0 Å². The molecule has 0 aromatic rings. The molecule has 2 aliphatic carbocycles. The molecule has 4 nitrogen and oxygen atoms in total. The van der Waals surface area contributed by atoms with Gasteiger partial charge in [0, 0.05) is 5.57 Å². The molecule has 0 amide bonds. The predicted octanol–water partition coefficient (Wildman–Crippen LogP) is 3.32. The van der Waals surface area contributed by atoms with E-state index in [-0.39, 0.29) is 0 Å². The summed E-state index contributed by atoms with van der Waals surface area (Å²) in [5.74, 6) is 5.32. The van der Waals surface area contributed by atoms with E-state index in [4.69, 9.17) is 9.47 Å². The largest absolute Gasteiger partial charge is 0.468 e. The maximum Gasteiger partial charge on any atom is 0.323 e. The first-order valence-electron chi connectivity index (χ1n) is 8.11. The highest BCUT2D eigenvalue weighted by Gasteiger charge is 2.48. The quantitative estimate of drug-likeness (QED) is 0.445. The molecule has 23 heavy (non-hydrogen) atoms. The highest BCUT2D eigenvalue weighted by Crippen LogP contribution is 2.40. The zero-order chi connectivity index (χ0) is 16.9. The second-order valence-electron chi connectivity index (χ2n) is 6.24. The van der Waals surface area contributed by atoms with Crippen LogP contribution in [0.1, 0.15) is 51.4 Å². The van der Waals surface area contributed by atoms with Gasteiger partial charge in [-0.1, -0.05) is 24.0 Å². The van der Waals surface area contributed by atoms with E-state index in [1.807, 2.05) is 0 Å². The molecule has 0 heterocycles. The van der Waals surface area contributed by atoms with Crippen molar-refractivity contribution in [3.63, 3.8) is 0 Å². The van der Waals surface area contributed by atoms with Crippen molar-refractivity contribution in [3.05, 3.63) is 23.3 Å². The van der Waals surface area contributed by atoms with Gasteiger partial charge in [0.15, 0.2) is 5.41 Å². The molecule has 0 N–H and O–H groups in total. The topological polar surface area (TPSA) is 52.6 Å². The van der Waals surface area contributed by atoms with E-state index in [0.717, 1.165) is 42.4 Å². The molecule has 0 bridgehead atoms. The monoisotopic (exact) mass is 316 g/mol. The summed E-state index contributed by atoms with van der Waals surface area (Å²) in [4.78, 5) is 25.0. The minimum absolute atomic E-state index is 0.350. The summed E-state index contributed by atoms with van der Waals surface area (Å²) in [6.07, 6.45) is 5.97. The van der Waals surface area contributed by atoms with E-state index >= 15 is 0 Å². The fourth-order valence-corrected chi connectivity index (χ4v) is 3.42. The Bertz CT molecular complexity index is 585. The van der Waals surface area contributed by atoms with Gasteiger partial charge in [0.2, 0.25) is 0 Å². The van der Waals surface area contributed by atoms with Crippen LogP contribution in [-0.2, 0) is 19.1 Å². The lowest BCUT2D eigenvalue weighted by atomic mass is 9.73. The highest BCUT2D eigenvalue weighted by molar-refractivity contribution is 6.00. The van der Waals surface area contributed by atoms with Crippen molar-refractivity contribution in [1.82, 2.24) is 0 Å². The Morgan fingerprint density at radius 3 is 2.30 bits per heavy atom. The summed E-state index contributed by atoms with van der Waals surface area (Å²) in [6.45, 7) is 3.97. The molecule has 0 aromatic carbocycles. The number of hydrogen-bond donors (Lipinski definition) is 0. The second kappa shape index (κ2) is 7.50. The van der Waals surface area contributed by atoms with Gasteiger partial charge in [0.25, 0.3) is 0 Å². The molecular formula is C19H24O4. The van der Waals surface area contributed by atoms with Gasteiger partial charge in [0.05, 0.1) is 14.2 Å². The Kier molecular flexibility index (Phi) is 5.65. The van der Waals surface area contributed by atoms with Crippen molar-refractivity contribution < 1.29 is 19.1 Å². The molecule has 0 aliphatic heterocycles. The van der Waals surface area contributed by atoms with Crippen LogP contribution in [0.25, 0.3) is 0 Å². The van der Waals surface area contributed by atoms with Crippen molar-refractivity contribution in [2.45, 2.75) is 51.4 Å². The predicted molar refractivity (Wildman–Crippen MR) is 87.3 cm³/mol. The summed E-state index contributed by atoms with van der Waals surface area (Å²) < 4.78 is 9.94. The van der Waals surface area contributed by atoms with E-state index in [1.165, 1.54) is 14.2 Å². The molecule has 0 aromatic heterocycles. The number of allylic oxidation sites excluding steroid dienone is 3. The minimum Gasteiger partial charge on any atom is -0.468 e. The summed E-state index contributed by atoms with van der Waals surface area (Å²) in [7, 11) is 2.64. The van der Waals surface area contributed by atoms with Gasteiger partial charge in [-0.2, -0.15) is 0 Å². The van der Waals surface area contributed by atoms with Gasteiger partial charge >= 0.3 is 11.9 Å². The van der Waals surface area contributed by atoms with Crippen molar-refractivity contribution in [3.8, 4) is 11.8 Å². The van der Waals surface area contributed by atoms with Crippen LogP contribution < -0.4 is 0 Å². The third kappa shape index (κ3) is 3.67. The normalized spacial score (nSPS) is 20.7.